The summed E-state index contributed by atoms with van der Waals surface area (Å²) < 4.78 is 14.4. The molecule has 1 atom stereocenters. The van der Waals surface area contributed by atoms with Crippen LogP contribution < -0.4 is 5.32 Å². The summed E-state index contributed by atoms with van der Waals surface area (Å²) in [5.41, 5.74) is 0.315. The predicted octanol–water partition coefficient (Wildman–Crippen LogP) is 3.46. The highest BCUT2D eigenvalue weighted by Crippen LogP contribution is 2.20. The van der Waals surface area contributed by atoms with E-state index in [0.29, 0.717) is 16.5 Å². The minimum atomic E-state index is -0.504. The standard InChI is InChI=1S/C18H23BrFNO3/c1-11(2)6-14(18(24)21-10-12(3)22)8-16(23)7-13-4-5-15(19)9-17(13)20/h4-5,9,11,14H,6-8,10H2,1-3H3,(H,21,24)/t14-/m1/s1. The number of hydrogen-bond acceptors (Lipinski definition) is 3. The van der Waals surface area contributed by atoms with Crippen molar-refractivity contribution in [1.29, 1.82) is 0 Å². The van der Waals surface area contributed by atoms with Crippen LogP contribution in [0.3, 0.4) is 0 Å². The third-order valence-corrected chi connectivity index (χ3v) is 4.01. The Morgan fingerprint density at radius 2 is 1.92 bits per heavy atom. The van der Waals surface area contributed by atoms with E-state index in [4.69, 9.17) is 0 Å². The quantitative estimate of drug-likeness (QED) is 0.691. The summed E-state index contributed by atoms with van der Waals surface area (Å²) >= 11 is 3.17. The number of rotatable bonds is 9. The van der Waals surface area contributed by atoms with Gasteiger partial charge in [-0.05, 0) is 37.0 Å². The summed E-state index contributed by atoms with van der Waals surface area (Å²) in [6.07, 6.45) is 0.531. The Kier molecular flexibility index (Phi) is 8.25. The van der Waals surface area contributed by atoms with E-state index in [-0.39, 0.29) is 42.8 Å². The molecule has 0 heterocycles. The number of halogens is 2. The number of ketones is 2. The molecular formula is C18H23BrFNO3. The molecule has 0 aromatic heterocycles. The summed E-state index contributed by atoms with van der Waals surface area (Å²) in [5.74, 6) is -1.36. The van der Waals surface area contributed by atoms with Crippen molar-refractivity contribution in [3.8, 4) is 0 Å². The summed E-state index contributed by atoms with van der Waals surface area (Å²) in [5, 5.41) is 2.55. The predicted molar refractivity (Wildman–Crippen MR) is 94.1 cm³/mol. The van der Waals surface area contributed by atoms with Gasteiger partial charge in [0, 0.05) is 23.2 Å². The Balaban J connectivity index is 2.72. The maximum absolute atomic E-state index is 13.8. The zero-order chi connectivity index (χ0) is 18.3. The van der Waals surface area contributed by atoms with Crippen molar-refractivity contribution in [2.75, 3.05) is 6.54 Å². The molecule has 0 aliphatic heterocycles. The van der Waals surface area contributed by atoms with Gasteiger partial charge in [0.25, 0.3) is 0 Å². The van der Waals surface area contributed by atoms with E-state index in [2.05, 4.69) is 21.2 Å². The molecule has 0 aliphatic carbocycles. The largest absolute Gasteiger partial charge is 0.349 e. The number of nitrogens with one attached hydrogen (secondary N) is 1. The molecule has 0 aliphatic rings. The van der Waals surface area contributed by atoms with Gasteiger partial charge in [-0.3, -0.25) is 14.4 Å². The molecule has 0 saturated heterocycles. The first-order valence-corrected chi connectivity index (χ1v) is 8.71. The molecule has 0 bridgehead atoms. The molecule has 0 radical (unpaired) electrons. The number of carbonyl (C=O) groups excluding carboxylic acids is 3. The zero-order valence-corrected chi connectivity index (χ0v) is 15.8. The fourth-order valence-electron chi connectivity index (χ4n) is 2.43. The molecule has 0 spiro atoms. The smallest absolute Gasteiger partial charge is 0.223 e. The fourth-order valence-corrected chi connectivity index (χ4v) is 2.77. The van der Waals surface area contributed by atoms with Crippen LogP contribution in [-0.2, 0) is 20.8 Å². The molecule has 132 valence electrons. The summed E-state index contributed by atoms with van der Waals surface area (Å²) in [7, 11) is 0. The Hall–Kier alpha value is -1.56. The van der Waals surface area contributed by atoms with Gasteiger partial charge >= 0.3 is 0 Å². The van der Waals surface area contributed by atoms with Crippen LogP contribution in [0.5, 0.6) is 0 Å². The average Bonchev–Trinajstić information content (AvgIpc) is 2.46. The van der Waals surface area contributed by atoms with Crippen LogP contribution in [0.2, 0.25) is 0 Å². The van der Waals surface area contributed by atoms with Gasteiger partial charge in [0.2, 0.25) is 5.91 Å². The Bertz CT molecular complexity index is 616. The van der Waals surface area contributed by atoms with Crippen molar-refractivity contribution in [2.45, 2.75) is 40.0 Å². The summed E-state index contributed by atoms with van der Waals surface area (Å²) in [6.45, 7) is 5.27. The molecule has 1 N–H and O–H groups in total. The van der Waals surface area contributed by atoms with E-state index in [1.165, 1.54) is 13.0 Å². The van der Waals surface area contributed by atoms with Crippen molar-refractivity contribution in [3.05, 3.63) is 34.1 Å². The third-order valence-electron chi connectivity index (χ3n) is 3.52. The number of hydrogen-bond donors (Lipinski definition) is 1. The highest BCUT2D eigenvalue weighted by molar-refractivity contribution is 9.10. The average molecular weight is 400 g/mol. The van der Waals surface area contributed by atoms with Crippen LogP contribution in [0.1, 0.15) is 39.2 Å². The monoisotopic (exact) mass is 399 g/mol. The topological polar surface area (TPSA) is 63.2 Å². The van der Waals surface area contributed by atoms with E-state index in [9.17, 15) is 18.8 Å². The molecule has 1 rings (SSSR count). The zero-order valence-electron chi connectivity index (χ0n) is 14.2. The molecule has 4 nitrogen and oxygen atoms in total. The molecule has 24 heavy (non-hydrogen) atoms. The maximum atomic E-state index is 13.8. The first kappa shape index (κ1) is 20.5. The molecule has 1 amide bonds. The SMILES string of the molecule is CC(=O)CNC(=O)[C@@H](CC(=O)Cc1ccc(Br)cc1F)CC(C)C. The number of amides is 1. The van der Waals surface area contributed by atoms with Gasteiger partial charge < -0.3 is 5.32 Å². The van der Waals surface area contributed by atoms with Crippen molar-refractivity contribution >= 4 is 33.4 Å². The highest BCUT2D eigenvalue weighted by Gasteiger charge is 2.23. The van der Waals surface area contributed by atoms with Crippen LogP contribution in [0.4, 0.5) is 4.39 Å². The minimum absolute atomic E-state index is 0.0387. The van der Waals surface area contributed by atoms with Crippen LogP contribution in [0.25, 0.3) is 0 Å². The normalized spacial score (nSPS) is 12.1. The second-order valence-corrected chi connectivity index (χ2v) is 7.32. The molecule has 0 saturated carbocycles. The maximum Gasteiger partial charge on any atom is 0.223 e. The molecular weight excluding hydrogens is 377 g/mol. The lowest BCUT2D eigenvalue weighted by molar-refractivity contribution is -0.130. The third kappa shape index (κ3) is 7.34. The Labute approximate surface area is 150 Å². The van der Waals surface area contributed by atoms with E-state index in [1.54, 1.807) is 12.1 Å². The van der Waals surface area contributed by atoms with Crippen molar-refractivity contribution in [1.82, 2.24) is 5.32 Å². The number of carbonyl (C=O) groups is 3. The molecule has 0 unspecified atom stereocenters. The summed E-state index contributed by atoms with van der Waals surface area (Å²) in [4.78, 5) is 35.4. The molecule has 0 fully saturated rings. The highest BCUT2D eigenvalue weighted by atomic mass is 79.9. The molecule has 1 aromatic carbocycles. The van der Waals surface area contributed by atoms with Crippen molar-refractivity contribution in [3.63, 3.8) is 0 Å². The first-order chi connectivity index (χ1) is 11.2. The lowest BCUT2D eigenvalue weighted by atomic mass is 9.90. The van der Waals surface area contributed by atoms with Crippen LogP contribution >= 0.6 is 15.9 Å². The van der Waals surface area contributed by atoms with E-state index in [1.807, 2.05) is 13.8 Å². The van der Waals surface area contributed by atoms with Crippen LogP contribution in [-0.4, -0.2) is 24.0 Å². The van der Waals surface area contributed by atoms with Crippen LogP contribution in [0, 0.1) is 17.7 Å². The minimum Gasteiger partial charge on any atom is -0.349 e. The van der Waals surface area contributed by atoms with E-state index >= 15 is 0 Å². The van der Waals surface area contributed by atoms with Gasteiger partial charge in [-0.2, -0.15) is 0 Å². The Morgan fingerprint density at radius 3 is 2.46 bits per heavy atom. The number of Topliss-reactive ketones (excluding diaryl/α,β-unsaturated/α-hetero) is 2. The number of benzene rings is 1. The van der Waals surface area contributed by atoms with E-state index < -0.39 is 11.7 Å². The van der Waals surface area contributed by atoms with Gasteiger partial charge in [0.05, 0.1) is 6.54 Å². The lowest BCUT2D eigenvalue weighted by Gasteiger charge is -2.18. The van der Waals surface area contributed by atoms with Gasteiger partial charge in [0.1, 0.15) is 17.4 Å². The van der Waals surface area contributed by atoms with E-state index in [0.717, 1.165) is 0 Å². The summed E-state index contributed by atoms with van der Waals surface area (Å²) in [6, 6.07) is 4.55. The molecule has 1 aromatic rings. The Morgan fingerprint density at radius 1 is 1.25 bits per heavy atom. The second kappa shape index (κ2) is 9.67. The van der Waals surface area contributed by atoms with Crippen molar-refractivity contribution in [2.24, 2.45) is 11.8 Å². The first-order valence-electron chi connectivity index (χ1n) is 7.91. The fraction of sp³-hybridized carbons (Fsp3) is 0.500. The van der Waals surface area contributed by atoms with Gasteiger partial charge in [-0.1, -0.05) is 35.8 Å². The van der Waals surface area contributed by atoms with Gasteiger partial charge in [-0.15, -0.1) is 0 Å². The second-order valence-electron chi connectivity index (χ2n) is 6.40. The lowest BCUT2D eigenvalue weighted by Crippen LogP contribution is -2.35. The van der Waals surface area contributed by atoms with Crippen molar-refractivity contribution < 1.29 is 18.8 Å². The van der Waals surface area contributed by atoms with Crippen LogP contribution in [0.15, 0.2) is 22.7 Å². The van der Waals surface area contributed by atoms with Gasteiger partial charge in [-0.25, -0.2) is 4.39 Å². The van der Waals surface area contributed by atoms with Gasteiger partial charge in [0.15, 0.2) is 0 Å². The molecule has 6 heteroatoms.